The van der Waals surface area contributed by atoms with Crippen molar-refractivity contribution in [1.82, 2.24) is 0 Å². The quantitative estimate of drug-likeness (QED) is 0.421. The standard InChI is InChI=1S/C5H12.C3H4O/c1-3-5-4-2;1-2-3-4/h3-5H2,1-2H3;2-3H,1H2. The fourth-order valence-electron chi connectivity index (χ4n) is 0.354. The average Bonchev–Trinajstić information content (AvgIpc) is 1.91. The van der Waals surface area contributed by atoms with Gasteiger partial charge in [0.2, 0.25) is 0 Å². The van der Waals surface area contributed by atoms with E-state index < -0.39 is 0 Å². The van der Waals surface area contributed by atoms with Crippen LogP contribution >= 0.6 is 0 Å². The van der Waals surface area contributed by atoms with E-state index in [4.69, 9.17) is 4.79 Å². The Balaban J connectivity index is 0. The molecule has 0 fully saturated rings. The summed E-state index contributed by atoms with van der Waals surface area (Å²) in [5, 5.41) is 0. The van der Waals surface area contributed by atoms with Gasteiger partial charge in [-0.05, 0) is 6.08 Å². The van der Waals surface area contributed by atoms with Crippen LogP contribution < -0.4 is 0 Å². The van der Waals surface area contributed by atoms with E-state index in [1.54, 1.807) is 0 Å². The van der Waals surface area contributed by atoms with E-state index in [1.165, 1.54) is 25.3 Å². The molecular formula is C8H16O. The topological polar surface area (TPSA) is 17.1 Å². The van der Waals surface area contributed by atoms with Crippen LogP contribution in [-0.2, 0) is 4.79 Å². The molecule has 0 amide bonds. The first kappa shape index (κ1) is 11.2. The molecule has 9 heavy (non-hydrogen) atoms. The van der Waals surface area contributed by atoms with Crippen molar-refractivity contribution in [1.29, 1.82) is 0 Å². The molecule has 0 saturated heterocycles. The van der Waals surface area contributed by atoms with Gasteiger partial charge in [-0.25, -0.2) is 0 Å². The molecule has 0 bridgehead atoms. The minimum Gasteiger partial charge on any atom is -0.299 e. The Morgan fingerprint density at radius 3 is 1.67 bits per heavy atom. The van der Waals surface area contributed by atoms with Gasteiger partial charge in [-0.3, -0.25) is 4.79 Å². The van der Waals surface area contributed by atoms with Crippen LogP contribution in [0.25, 0.3) is 0 Å². The van der Waals surface area contributed by atoms with Crippen LogP contribution in [0.2, 0.25) is 0 Å². The lowest BCUT2D eigenvalue weighted by molar-refractivity contribution is -0.104. The van der Waals surface area contributed by atoms with Crippen molar-refractivity contribution in [3.05, 3.63) is 12.7 Å². The minimum absolute atomic E-state index is 0.639. The largest absolute Gasteiger partial charge is 0.299 e. The van der Waals surface area contributed by atoms with Gasteiger partial charge in [0.15, 0.2) is 0 Å². The summed E-state index contributed by atoms with van der Waals surface area (Å²) in [7, 11) is 0. The third-order valence-electron chi connectivity index (χ3n) is 0.803. The summed E-state index contributed by atoms with van der Waals surface area (Å²) in [6.45, 7) is 7.53. The van der Waals surface area contributed by atoms with Crippen LogP contribution in [0.3, 0.4) is 0 Å². The lowest BCUT2D eigenvalue weighted by Crippen LogP contribution is -1.59. The zero-order chi connectivity index (χ0) is 7.54. The van der Waals surface area contributed by atoms with Crippen molar-refractivity contribution >= 4 is 6.29 Å². The van der Waals surface area contributed by atoms with Gasteiger partial charge in [-0.15, -0.1) is 0 Å². The number of allylic oxidation sites excluding steroid dienone is 1. The van der Waals surface area contributed by atoms with Crippen molar-refractivity contribution in [3.8, 4) is 0 Å². The van der Waals surface area contributed by atoms with Gasteiger partial charge in [-0.2, -0.15) is 0 Å². The van der Waals surface area contributed by atoms with E-state index >= 15 is 0 Å². The molecule has 0 aromatic heterocycles. The van der Waals surface area contributed by atoms with Crippen molar-refractivity contribution in [2.75, 3.05) is 0 Å². The average molecular weight is 128 g/mol. The highest BCUT2D eigenvalue weighted by Gasteiger charge is 1.68. The second-order valence-electron chi connectivity index (χ2n) is 1.73. The summed E-state index contributed by atoms with van der Waals surface area (Å²) in [4.78, 5) is 9.06. The summed E-state index contributed by atoms with van der Waals surface area (Å²) in [6, 6.07) is 0. The smallest absolute Gasteiger partial charge is 0.142 e. The summed E-state index contributed by atoms with van der Waals surface area (Å²) in [5.74, 6) is 0. The molecular weight excluding hydrogens is 112 g/mol. The molecule has 0 saturated carbocycles. The Morgan fingerprint density at radius 2 is 1.67 bits per heavy atom. The van der Waals surface area contributed by atoms with Gasteiger partial charge in [0.05, 0.1) is 0 Å². The third kappa shape index (κ3) is 37.3. The summed E-state index contributed by atoms with van der Waals surface area (Å²) in [5.41, 5.74) is 0. The summed E-state index contributed by atoms with van der Waals surface area (Å²) < 4.78 is 0. The van der Waals surface area contributed by atoms with E-state index in [9.17, 15) is 0 Å². The summed E-state index contributed by atoms with van der Waals surface area (Å²) >= 11 is 0. The first-order valence-corrected chi connectivity index (χ1v) is 3.39. The molecule has 0 atom stereocenters. The fraction of sp³-hybridized carbons (Fsp3) is 0.625. The number of carbonyl (C=O) groups excluding carboxylic acids is 1. The van der Waals surface area contributed by atoms with Gasteiger partial charge >= 0.3 is 0 Å². The molecule has 1 heteroatoms. The second kappa shape index (κ2) is 15.7. The number of unbranched alkanes of at least 4 members (excludes halogenated alkanes) is 2. The Labute approximate surface area is 57.8 Å². The van der Waals surface area contributed by atoms with Gasteiger partial charge in [0.1, 0.15) is 6.29 Å². The highest BCUT2D eigenvalue weighted by atomic mass is 16.1. The Bertz CT molecular complexity index is 49.6. The molecule has 0 N–H and O–H groups in total. The zero-order valence-corrected chi connectivity index (χ0v) is 6.39. The SMILES string of the molecule is C=CC=O.CCCCC. The molecule has 0 aliphatic heterocycles. The third-order valence-corrected chi connectivity index (χ3v) is 0.803. The molecule has 1 nitrogen and oxygen atoms in total. The number of aldehydes is 1. The molecule has 0 spiro atoms. The van der Waals surface area contributed by atoms with Crippen LogP contribution in [0.15, 0.2) is 12.7 Å². The molecule has 0 rings (SSSR count). The highest BCUT2D eigenvalue weighted by molar-refractivity contribution is 5.63. The fourth-order valence-corrected chi connectivity index (χ4v) is 0.354. The van der Waals surface area contributed by atoms with Crippen LogP contribution in [0.5, 0.6) is 0 Å². The van der Waals surface area contributed by atoms with E-state index in [2.05, 4.69) is 20.4 Å². The highest BCUT2D eigenvalue weighted by Crippen LogP contribution is 1.88. The Kier molecular flexibility index (Phi) is 19.5. The zero-order valence-electron chi connectivity index (χ0n) is 6.39. The molecule has 0 unspecified atom stereocenters. The van der Waals surface area contributed by atoms with E-state index in [-0.39, 0.29) is 0 Å². The first-order chi connectivity index (χ1) is 4.33. The van der Waals surface area contributed by atoms with Gasteiger partial charge in [-0.1, -0.05) is 39.7 Å². The Hall–Kier alpha value is -0.590. The lowest BCUT2D eigenvalue weighted by atomic mass is 10.3. The van der Waals surface area contributed by atoms with Crippen molar-refractivity contribution < 1.29 is 4.79 Å². The minimum atomic E-state index is 0.639. The monoisotopic (exact) mass is 128 g/mol. The van der Waals surface area contributed by atoms with Crippen molar-refractivity contribution in [2.45, 2.75) is 33.1 Å². The predicted molar refractivity (Wildman–Crippen MR) is 41.5 cm³/mol. The molecule has 0 aromatic carbocycles. The maximum atomic E-state index is 9.06. The molecule has 0 heterocycles. The van der Waals surface area contributed by atoms with E-state index in [0.29, 0.717) is 6.29 Å². The molecule has 0 aliphatic rings. The number of carbonyl (C=O) groups is 1. The maximum Gasteiger partial charge on any atom is 0.142 e. The van der Waals surface area contributed by atoms with Gasteiger partial charge in [0.25, 0.3) is 0 Å². The molecule has 0 aliphatic carbocycles. The molecule has 0 aromatic rings. The number of hydrogen-bond donors (Lipinski definition) is 0. The second-order valence-corrected chi connectivity index (χ2v) is 1.73. The van der Waals surface area contributed by atoms with Crippen molar-refractivity contribution in [3.63, 3.8) is 0 Å². The predicted octanol–water partition coefficient (Wildman–Crippen LogP) is 2.57. The van der Waals surface area contributed by atoms with Crippen LogP contribution in [0, 0.1) is 0 Å². The van der Waals surface area contributed by atoms with Crippen molar-refractivity contribution in [2.24, 2.45) is 0 Å². The van der Waals surface area contributed by atoms with E-state index in [1.807, 2.05) is 0 Å². The number of rotatable bonds is 3. The maximum absolute atomic E-state index is 9.06. The Morgan fingerprint density at radius 1 is 1.33 bits per heavy atom. The van der Waals surface area contributed by atoms with Crippen LogP contribution in [-0.4, -0.2) is 6.29 Å². The van der Waals surface area contributed by atoms with Gasteiger partial charge in [0, 0.05) is 0 Å². The lowest BCUT2D eigenvalue weighted by Gasteiger charge is -1.79. The van der Waals surface area contributed by atoms with Crippen LogP contribution in [0.1, 0.15) is 33.1 Å². The van der Waals surface area contributed by atoms with E-state index in [0.717, 1.165) is 0 Å². The first-order valence-electron chi connectivity index (χ1n) is 3.39. The normalized spacial score (nSPS) is 6.89. The van der Waals surface area contributed by atoms with Gasteiger partial charge < -0.3 is 0 Å². The summed E-state index contributed by atoms with van der Waals surface area (Å²) in [6.07, 6.45) is 5.91. The molecule has 0 radical (unpaired) electrons. The molecule has 54 valence electrons. The number of hydrogen-bond acceptors (Lipinski definition) is 1. The van der Waals surface area contributed by atoms with Crippen LogP contribution in [0.4, 0.5) is 0 Å².